The molecule has 21 heavy (non-hydrogen) atoms. The van der Waals surface area contributed by atoms with Crippen LogP contribution in [0.4, 0.5) is 4.79 Å². The summed E-state index contributed by atoms with van der Waals surface area (Å²) in [4.78, 5) is 25.5. The van der Waals surface area contributed by atoms with Crippen molar-refractivity contribution in [1.82, 2.24) is 10.2 Å². The number of nitrogens with one attached hydrogen (secondary N) is 1. The van der Waals surface area contributed by atoms with Gasteiger partial charge < -0.3 is 10.4 Å². The van der Waals surface area contributed by atoms with Gasteiger partial charge in [0.2, 0.25) is 0 Å². The lowest BCUT2D eigenvalue weighted by molar-refractivity contribution is -0.141. The number of carboxylic acids is 1. The first-order chi connectivity index (χ1) is 10.1. The summed E-state index contributed by atoms with van der Waals surface area (Å²) in [5.74, 6) is 0.119. The monoisotopic (exact) mass is 314 g/mol. The van der Waals surface area contributed by atoms with Crippen LogP contribution in [0.1, 0.15) is 52.4 Å². The summed E-state index contributed by atoms with van der Waals surface area (Å²) < 4.78 is 0. The topological polar surface area (TPSA) is 69.6 Å². The van der Waals surface area contributed by atoms with Crippen LogP contribution < -0.4 is 5.32 Å². The zero-order valence-electron chi connectivity index (χ0n) is 12.9. The molecule has 1 saturated carbocycles. The molecular formula is C15H26N2O3S. The molecule has 2 amide bonds. The van der Waals surface area contributed by atoms with E-state index in [1.165, 1.54) is 6.42 Å². The molecule has 0 radical (unpaired) electrons. The third kappa shape index (κ3) is 3.65. The molecule has 2 rings (SSSR count). The summed E-state index contributed by atoms with van der Waals surface area (Å²) in [6.07, 6.45) is 6.41. The van der Waals surface area contributed by atoms with E-state index in [-0.39, 0.29) is 17.4 Å². The van der Waals surface area contributed by atoms with E-state index in [2.05, 4.69) is 12.2 Å². The van der Waals surface area contributed by atoms with Crippen molar-refractivity contribution in [3.8, 4) is 0 Å². The molecule has 120 valence electrons. The van der Waals surface area contributed by atoms with Crippen molar-refractivity contribution in [2.24, 2.45) is 5.92 Å². The molecule has 0 aromatic rings. The predicted octanol–water partition coefficient (Wildman–Crippen LogP) is 2.90. The molecule has 1 heterocycles. The minimum absolute atomic E-state index is 0.0187. The maximum atomic E-state index is 12.6. The summed E-state index contributed by atoms with van der Waals surface area (Å²) in [5, 5.41) is 12.4. The van der Waals surface area contributed by atoms with Crippen molar-refractivity contribution < 1.29 is 14.7 Å². The smallest absolute Gasteiger partial charge is 0.327 e. The molecule has 4 atom stereocenters. The van der Waals surface area contributed by atoms with Crippen LogP contribution in [0.3, 0.4) is 0 Å². The first kappa shape index (κ1) is 16.5. The van der Waals surface area contributed by atoms with E-state index in [0.717, 1.165) is 32.1 Å². The quantitative estimate of drug-likeness (QED) is 0.837. The van der Waals surface area contributed by atoms with Gasteiger partial charge in [0.1, 0.15) is 6.04 Å². The zero-order chi connectivity index (χ0) is 15.4. The third-order valence-electron chi connectivity index (χ3n) is 4.70. The number of hydrogen-bond donors (Lipinski definition) is 2. The fraction of sp³-hybridized carbons (Fsp3) is 0.867. The van der Waals surface area contributed by atoms with Crippen LogP contribution in [-0.2, 0) is 4.79 Å². The van der Waals surface area contributed by atoms with E-state index in [9.17, 15) is 14.7 Å². The van der Waals surface area contributed by atoms with E-state index in [0.29, 0.717) is 11.7 Å². The number of carbonyl (C=O) groups excluding carboxylic acids is 1. The summed E-state index contributed by atoms with van der Waals surface area (Å²) in [7, 11) is 0. The number of thioether (sulfide) groups is 1. The van der Waals surface area contributed by atoms with Crippen molar-refractivity contribution in [3.05, 3.63) is 0 Å². The molecule has 0 spiro atoms. The molecule has 1 saturated heterocycles. The fourth-order valence-corrected chi connectivity index (χ4v) is 4.81. The van der Waals surface area contributed by atoms with Crippen LogP contribution in [-0.4, -0.2) is 45.2 Å². The standard InChI is InChI=1S/C15H26N2O3S/c1-3-10-7-5-6-8-11(10)16-15(20)17-12(14(18)19)9-21-13(17)4-2/h10-13H,3-9H2,1-2H3,(H,16,20)(H,18,19). The van der Waals surface area contributed by atoms with Crippen LogP contribution in [0.15, 0.2) is 0 Å². The van der Waals surface area contributed by atoms with Crippen molar-refractivity contribution in [2.75, 3.05) is 5.75 Å². The molecule has 0 aromatic heterocycles. The number of amides is 2. The van der Waals surface area contributed by atoms with Gasteiger partial charge in [-0.15, -0.1) is 11.8 Å². The van der Waals surface area contributed by atoms with Crippen LogP contribution in [0.5, 0.6) is 0 Å². The van der Waals surface area contributed by atoms with E-state index in [1.54, 1.807) is 16.7 Å². The van der Waals surface area contributed by atoms with Crippen LogP contribution >= 0.6 is 11.8 Å². The number of carbonyl (C=O) groups is 2. The maximum Gasteiger partial charge on any atom is 0.327 e. The first-order valence-corrected chi connectivity index (χ1v) is 9.06. The summed E-state index contributed by atoms with van der Waals surface area (Å²) in [6.45, 7) is 4.16. The summed E-state index contributed by atoms with van der Waals surface area (Å²) in [6, 6.07) is -0.679. The van der Waals surface area contributed by atoms with Gasteiger partial charge in [-0.05, 0) is 25.2 Å². The Hall–Kier alpha value is -0.910. The molecule has 2 fully saturated rings. The molecule has 2 aliphatic rings. The molecule has 5 nitrogen and oxygen atoms in total. The molecule has 6 heteroatoms. The maximum absolute atomic E-state index is 12.6. The van der Waals surface area contributed by atoms with Gasteiger partial charge in [0.25, 0.3) is 0 Å². The van der Waals surface area contributed by atoms with Gasteiger partial charge in [-0.3, -0.25) is 4.90 Å². The van der Waals surface area contributed by atoms with Crippen molar-refractivity contribution in [3.63, 3.8) is 0 Å². The van der Waals surface area contributed by atoms with Crippen molar-refractivity contribution >= 4 is 23.8 Å². The first-order valence-electron chi connectivity index (χ1n) is 8.01. The average molecular weight is 314 g/mol. The van der Waals surface area contributed by atoms with Gasteiger partial charge in [0.05, 0.1) is 5.37 Å². The Morgan fingerprint density at radius 3 is 2.57 bits per heavy atom. The predicted molar refractivity (Wildman–Crippen MR) is 84.4 cm³/mol. The van der Waals surface area contributed by atoms with Crippen LogP contribution in [0, 0.1) is 5.92 Å². The lowest BCUT2D eigenvalue weighted by Gasteiger charge is -2.35. The Morgan fingerprint density at radius 1 is 1.24 bits per heavy atom. The Labute approximate surface area is 130 Å². The van der Waals surface area contributed by atoms with E-state index in [1.807, 2.05) is 6.92 Å². The Bertz CT molecular complexity index is 391. The summed E-state index contributed by atoms with van der Waals surface area (Å²) >= 11 is 1.57. The Balaban J connectivity index is 2.04. The van der Waals surface area contributed by atoms with Crippen LogP contribution in [0.2, 0.25) is 0 Å². The van der Waals surface area contributed by atoms with Gasteiger partial charge >= 0.3 is 12.0 Å². The van der Waals surface area contributed by atoms with Crippen LogP contribution in [0.25, 0.3) is 0 Å². The largest absolute Gasteiger partial charge is 0.480 e. The van der Waals surface area contributed by atoms with E-state index >= 15 is 0 Å². The van der Waals surface area contributed by atoms with E-state index < -0.39 is 12.0 Å². The lowest BCUT2D eigenvalue weighted by atomic mass is 9.83. The molecule has 1 aliphatic carbocycles. The highest BCUT2D eigenvalue weighted by molar-refractivity contribution is 8.00. The number of rotatable bonds is 4. The van der Waals surface area contributed by atoms with Gasteiger partial charge in [0.15, 0.2) is 0 Å². The summed E-state index contributed by atoms with van der Waals surface area (Å²) in [5.41, 5.74) is 0. The highest BCUT2D eigenvalue weighted by atomic mass is 32.2. The number of aliphatic carboxylic acids is 1. The zero-order valence-corrected chi connectivity index (χ0v) is 13.7. The Kier molecular flexibility index (Phi) is 5.79. The third-order valence-corrected chi connectivity index (χ3v) is 6.16. The minimum Gasteiger partial charge on any atom is -0.480 e. The van der Waals surface area contributed by atoms with Gasteiger partial charge in [0, 0.05) is 11.8 Å². The second kappa shape index (κ2) is 7.38. The molecule has 4 unspecified atom stereocenters. The second-order valence-corrected chi connectivity index (χ2v) is 7.18. The highest BCUT2D eigenvalue weighted by Gasteiger charge is 2.41. The highest BCUT2D eigenvalue weighted by Crippen LogP contribution is 2.32. The number of hydrogen-bond acceptors (Lipinski definition) is 3. The van der Waals surface area contributed by atoms with Gasteiger partial charge in [-0.2, -0.15) is 0 Å². The minimum atomic E-state index is -0.899. The van der Waals surface area contributed by atoms with E-state index in [4.69, 9.17) is 0 Å². The normalized spacial score (nSPS) is 33.0. The number of urea groups is 1. The Morgan fingerprint density at radius 2 is 1.95 bits per heavy atom. The average Bonchev–Trinajstić information content (AvgIpc) is 2.92. The lowest BCUT2D eigenvalue weighted by Crippen LogP contribution is -2.54. The van der Waals surface area contributed by atoms with Gasteiger partial charge in [-0.1, -0.05) is 33.1 Å². The number of carboxylic acid groups (broad SMARTS) is 1. The fourth-order valence-electron chi connectivity index (χ4n) is 3.46. The molecule has 0 aromatic carbocycles. The van der Waals surface area contributed by atoms with Crippen molar-refractivity contribution in [1.29, 1.82) is 0 Å². The second-order valence-electron chi connectivity index (χ2n) is 5.97. The molecule has 0 bridgehead atoms. The molecule has 1 aliphatic heterocycles. The van der Waals surface area contributed by atoms with Gasteiger partial charge in [-0.25, -0.2) is 9.59 Å². The molecule has 2 N–H and O–H groups in total. The number of nitrogens with zero attached hydrogens (tertiary/aromatic N) is 1. The SMILES string of the molecule is CCC1CCCCC1NC(=O)N1C(CC)SCC1C(=O)O. The molecular weight excluding hydrogens is 288 g/mol. The van der Waals surface area contributed by atoms with Crippen molar-refractivity contribution in [2.45, 2.75) is 69.8 Å².